The zero-order valence-electron chi connectivity index (χ0n) is 31.2. The van der Waals surface area contributed by atoms with Crippen LogP contribution in [-0.2, 0) is 6.54 Å². The van der Waals surface area contributed by atoms with Gasteiger partial charge in [0.2, 0.25) is 0 Å². The molecule has 0 saturated heterocycles. The van der Waals surface area contributed by atoms with Crippen LogP contribution in [0.5, 0.6) is 28.7 Å². The third-order valence-electron chi connectivity index (χ3n) is 10.7. The van der Waals surface area contributed by atoms with E-state index in [1.807, 2.05) is 70.7 Å². The zero-order chi connectivity index (χ0) is 38.1. The normalized spacial score (nSPS) is 18.3. The maximum absolute atomic E-state index is 13.8. The lowest BCUT2D eigenvalue weighted by atomic mass is 10.0. The quantitative estimate of drug-likeness (QED) is 0.140. The first-order chi connectivity index (χ1) is 26.9. The van der Waals surface area contributed by atoms with Gasteiger partial charge in [-0.25, -0.2) is 0 Å². The summed E-state index contributed by atoms with van der Waals surface area (Å²) < 4.78 is 29.0. The van der Waals surface area contributed by atoms with E-state index in [2.05, 4.69) is 22.8 Å². The molecule has 0 aromatic heterocycles. The molecule has 0 spiro atoms. The maximum Gasteiger partial charge on any atom is 0.260 e. The van der Waals surface area contributed by atoms with Crippen LogP contribution in [0.1, 0.15) is 56.7 Å². The standard InChI is InChI=1S/C43H45N5O7/c1-51-33-11-9-28(10-12-33)30-16-32-23-46-37-20-41(39(53-3)18-35(37)43(50)48(32)25-30)55-14-4-13-54-40-19-36-34(17-38(40)52-2)42(49)47-24-29(15-31(47)22-45-36)27-7-5-26(21-44)6-8-27/h5-12,17-20,24-25,31-32,45-46H,4,13-16,21-23,44H2,1-3H3/t31-,32-/m0/s1. The number of amides is 2. The molecule has 2 amide bonds. The molecule has 4 aliphatic heterocycles. The summed E-state index contributed by atoms with van der Waals surface area (Å²) in [6, 6.07) is 23.2. The van der Waals surface area contributed by atoms with Gasteiger partial charge in [-0.1, -0.05) is 36.4 Å². The number of nitrogens with two attached hydrogens (primary N) is 1. The van der Waals surface area contributed by atoms with Crippen molar-refractivity contribution in [3.05, 3.63) is 113 Å². The summed E-state index contributed by atoms with van der Waals surface area (Å²) in [6.07, 6.45) is 5.97. The highest BCUT2D eigenvalue weighted by Crippen LogP contribution is 2.41. The molecule has 0 aliphatic carbocycles. The number of fused-ring (bicyclic) bond motifs is 4. The fraction of sp³-hybridized carbons (Fsp3) is 0.302. The summed E-state index contributed by atoms with van der Waals surface area (Å²) in [7, 11) is 4.78. The molecule has 0 saturated carbocycles. The van der Waals surface area contributed by atoms with Gasteiger partial charge in [0.05, 0.1) is 69.1 Å². The predicted molar refractivity (Wildman–Crippen MR) is 211 cm³/mol. The Morgan fingerprint density at radius 3 is 1.55 bits per heavy atom. The van der Waals surface area contributed by atoms with Crippen LogP contribution in [0, 0.1) is 0 Å². The molecule has 4 aliphatic rings. The van der Waals surface area contributed by atoms with Gasteiger partial charge in [0.25, 0.3) is 11.8 Å². The van der Waals surface area contributed by atoms with Crippen LogP contribution in [0.3, 0.4) is 0 Å². The summed E-state index contributed by atoms with van der Waals surface area (Å²) in [6.45, 7) is 2.38. The molecule has 12 nitrogen and oxygen atoms in total. The number of nitrogens with one attached hydrogen (secondary N) is 2. The van der Waals surface area contributed by atoms with Crippen molar-refractivity contribution < 1.29 is 33.3 Å². The van der Waals surface area contributed by atoms with Gasteiger partial charge >= 0.3 is 0 Å². The van der Waals surface area contributed by atoms with Crippen LogP contribution in [0.4, 0.5) is 11.4 Å². The van der Waals surface area contributed by atoms with Crippen molar-refractivity contribution in [2.24, 2.45) is 5.73 Å². The Hall–Kier alpha value is -6.14. The number of nitrogens with zero attached hydrogens (tertiary/aromatic N) is 2. The second-order valence-corrected chi connectivity index (χ2v) is 14.0. The molecule has 4 aromatic carbocycles. The smallest absolute Gasteiger partial charge is 0.260 e. The minimum atomic E-state index is -0.0897. The van der Waals surface area contributed by atoms with Gasteiger partial charge in [-0.15, -0.1) is 0 Å². The maximum atomic E-state index is 13.8. The van der Waals surface area contributed by atoms with Crippen molar-refractivity contribution in [3.8, 4) is 28.7 Å². The first kappa shape index (κ1) is 35.9. The number of carbonyl (C=O) groups is 2. The van der Waals surface area contributed by atoms with E-state index in [0.29, 0.717) is 84.8 Å². The van der Waals surface area contributed by atoms with E-state index in [0.717, 1.165) is 46.4 Å². The van der Waals surface area contributed by atoms with Gasteiger partial charge in [-0.2, -0.15) is 0 Å². The summed E-state index contributed by atoms with van der Waals surface area (Å²) >= 11 is 0. The SMILES string of the molecule is COc1ccc(C2=CN3C(=O)c4cc(OC)c(OCCCOc5cc6c(cc5OC)C(=O)N5C=C(c7ccc(CN)cc7)C[C@H]5CN6)cc4NC[C@@H]3C2)cc1. The van der Waals surface area contributed by atoms with E-state index in [9.17, 15) is 9.59 Å². The lowest BCUT2D eigenvalue weighted by Crippen LogP contribution is -2.34. The van der Waals surface area contributed by atoms with E-state index in [4.69, 9.17) is 29.4 Å². The van der Waals surface area contributed by atoms with Gasteiger partial charge < -0.3 is 49.9 Å². The highest BCUT2D eigenvalue weighted by molar-refractivity contribution is 6.04. The molecule has 0 fully saturated rings. The minimum absolute atomic E-state index is 0.0122. The van der Waals surface area contributed by atoms with Crippen LogP contribution in [-0.4, -0.2) is 81.3 Å². The second-order valence-electron chi connectivity index (χ2n) is 14.0. The predicted octanol–water partition coefficient (Wildman–Crippen LogP) is 6.38. The van der Waals surface area contributed by atoms with Crippen LogP contribution < -0.4 is 40.1 Å². The Morgan fingerprint density at radius 1 is 0.636 bits per heavy atom. The Kier molecular flexibility index (Phi) is 9.98. The van der Waals surface area contributed by atoms with Crippen molar-refractivity contribution in [2.45, 2.75) is 37.9 Å². The van der Waals surface area contributed by atoms with Gasteiger partial charge in [-0.05, 0) is 64.9 Å². The van der Waals surface area contributed by atoms with Crippen molar-refractivity contribution >= 4 is 34.3 Å². The average Bonchev–Trinajstić information content (AvgIpc) is 3.80. The number of hydrogen-bond acceptors (Lipinski definition) is 10. The fourth-order valence-electron chi connectivity index (χ4n) is 7.66. The molecule has 284 valence electrons. The average molecular weight is 744 g/mol. The Morgan fingerprint density at radius 2 is 1.11 bits per heavy atom. The molecule has 0 unspecified atom stereocenters. The molecule has 2 atom stereocenters. The molecule has 0 radical (unpaired) electrons. The lowest BCUT2D eigenvalue weighted by Gasteiger charge is -2.20. The Bertz CT molecular complexity index is 2010. The van der Waals surface area contributed by atoms with Crippen molar-refractivity contribution in [3.63, 3.8) is 0 Å². The van der Waals surface area contributed by atoms with Gasteiger partial charge in [0.1, 0.15) is 5.75 Å². The molecule has 55 heavy (non-hydrogen) atoms. The molecular formula is C43H45N5O7. The number of ether oxygens (including phenoxy) is 5. The summed E-state index contributed by atoms with van der Waals surface area (Å²) in [5.74, 6) is 2.64. The zero-order valence-corrected chi connectivity index (χ0v) is 31.2. The van der Waals surface area contributed by atoms with E-state index < -0.39 is 0 Å². The van der Waals surface area contributed by atoms with Crippen LogP contribution in [0.25, 0.3) is 11.1 Å². The van der Waals surface area contributed by atoms with Crippen LogP contribution in [0.2, 0.25) is 0 Å². The molecule has 12 heteroatoms. The Balaban J connectivity index is 0.897. The van der Waals surface area contributed by atoms with Crippen molar-refractivity contribution in [2.75, 3.05) is 58.3 Å². The second kappa shape index (κ2) is 15.3. The van der Waals surface area contributed by atoms with Crippen molar-refractivity contribution in [1.82, 2.24) is 9.80 Å². The van der Waals surface area contributed by atoms with E-state index in [1.165, 1.54) is 0 Å². The summed E-state index contributed by atoms with van der Waals surface area (Å²) in [5, 5.41) is 6.95. The fourth-order valence-corrected chi connectivity index (χ4v) is 7.66. The topological polar surface area (TPSA) is 137 Å². The molecule has 8 rings (SSSR count). The summed E-state index contributed by atoms with van der Waals surface area (Å²) in [5.41, 5.74) is 13.7. The number of rotatable bonds is 12. The number of carbonyl (C=O) groups excluding carboxylic acids is 2. The molecule has 0 bridgehead atoms. The Labute approximate surface area is 320 Å². The van der Waals surface area contributed by atoms with Crippen LogP contribution in [0.15, 0.2) is 85.2 Å². The number of anilines is 2. The minimum Gasteiger partial charge on any atom is -0.497 e. The number of hydrogen-bond donors (Lipinski definition) is 3. The third-order valence-corrected chi connectivity index (χ3v) is 10.7. The van der Waals surface area contributed by atoms with E-state index >= 15 is 0 Å². The van der Waals surface area contributed by atoms with Gasteiger partial charge in [-0.3, -0.25) is 9.59 Å². The van der Waals surface area contributed by atoms with Crippen LogP contribution >= 0.6 is 0 Å². The largest absolute Gasteiger partial charge is 0.497 e. The first-order valence-electron chi connectivity index (χ1n) is 18.5. The van der Waals surface area contributed by atoms with E-state index in [-0.39, 0.29) is 23.9 Å². The highest BCUT2D eigenvalue weighted by atomic mass is 16.5. The number of benzene rings is 4. The van der Waals surface area contributed by atoms with E-state index in [1.54, 1.807) is 33.5 Å². The summed E-state index contributed by atoms with van der Waals surface area (Å²) in [4.78, 5) is 31.2. The molecule has 4 N–H and O–H groups in total. The molecular weight excluding hydrogens is 699 g/mol. The first-order valence-corrected chi connectivity index (χ1v) is 18.5. The van der Waals surface area contributed by atoms with Gasteiger partial charge in [0.15, 0.2) is 23.0 Å². The van der Waals surface area contributed by atoms with Gasteiger partial charge in [0, 0.05) is 50.6 Å². The lowest BCUT2D eigenvalue weighted by molar-refractivity contribution is 0.0788. The monoisotopic (exact) mass is 743 g/mol. The molecule has 4 heterocycles. The third kappa shape index (κ3) is 7.01. The highest BCUT2D eigenvalue weighted by Gasteiger charge is 2.36. The number of methoxy groups -OCH3 is 3. The molecule has 4 aromatic rings. The van der Waals surface area contributed by atoms with Crippen molar-refractivity contribution in [1.29, 1.82) is 0 Å².